The number of rotatable bonds is 4. The van der Waals surface area contributed by atoms with E-state index in [2.05, 4.69) is 43.5 Å². The van der Waals surface area contributed by atoms with E-state index in [0.717, 1.165) is 6.54 Å². The lowest BCUT2D eigenvalue weighted by Gasteiger charge is -2.37. The van der Waals surface area contributed by atoms with Crippen LogP contribution in [0.25, 0.3) is 0 Å². The largest absolute Gasteiger partial charge is 0.482 e. The molecule has 0 aliphatic carbocycles. The van der Waals surface area contributed by atoms with Crippen molar-refractivity contribution in [2.75, 3.05) is 31.1 Å². The van der Waals surface area contributed by atoms with Crippen LogP contribution in [0.2, 0.25) is 5.02 Å². The molecule has 0 saturated carbocycles. The summed E-state index contributed by atoms with van der Waals surface area (Å²) < 4.78 is 5.55. The molecule has 25 heavy (non-hydrogen) atoms. The van der Waals surface area contributed by atoms with Crippen LogP contribution in [0.5, 0.6) is 5.75 Å². The van der Waals surface area contributed by atoms with Crippen LogP contribution in [0.1, 0.15) is 11.1 Å². The predicted molar refractivity (Wildman–Crippen MR) is 101 cm³/mol. The van der Waals surface area contributed by atoms with Gasteiger partial charge >= 0.3 is 0 Å². The van der Waals surface area contributed by atoms with Gasteiger partial charge in [0.1, 0.15) is 5.75 Å². The molecule has 2 aromatic rings. The normalized spacial score (nSPS) is 14.5. The summed E-state index contributed by atoms with van der Waals surface area (Å²) in [6.45, 7) is 8.35. The van der Waals surface area contributed by atoms with Crippen molar-refractivity contribution in [3.8, 4) is 5.75 Å². The van der Waals surface area contributed by atoms with E-state index in [9.17, 15) is 4.79 Å². The summed E-state index contributed by atoms with van der Waals surface area (Å²) in [6, 6.07) is 13.5. The van der Waals surface area contributed by atoms with E-state index >= 15 is 0 Å². The Kier molecular flexibility index (Phi) is 5.49. The van der Waals surface area contributed by atoms with Crippen LogP contribution in [0.15, 0.2) is 42.5 Å². The molecule has 0 aromatic heterocycles. The number of anilines is 1. The van der Waals surface area contributed by atoms with Gasteiger partial charge in [0.05, 0.1) is 11.6 Å². The molecule has 1 amide bonds. The second-order valence-electron chi connectivity index (χ2n) is 6.18. The lowest BCUT2D eigenvalue weighted by Crippen LogP contribution is -2.47. The molecule has 1 fully saturated rings. The van der Waals surface area contributed by atoms with E-state index in [1.807, 2.05) is 12.1 Å². The van der Waals surface area contributed by atoms with E-state index in [1.165, 1.54) is 16.8 Å². The highest BCUT2D eigenvalue weighted by atomic mass is 35.5. The van der Waals surface area contributed by atoms with Crippen LogP contribution in [0.3, 0.4) is 0 Å². The van der Waals surface area contributed by atoms with Crippen molar-refractivity contribution in [1.29, 1.82) is 0 Å². The molecule has 0 bridgehead atoms. The number of hydrogen-bond donors (Lipinski definition) is 0. The number of amides is 1. The van der Waals surface area contributed by atoms with E-state index < -0.39 is 0 Å². The number of hydrogen-bond acceptors (Lipinski definition) is 3. The lowest BCUT2D eigenvalue weighted by molar-refractivity contribution is -0.133. The second kappa shape index (κ2) is 7.79. The van der Waals surface area contributed by atoms with E-state index in [4.69, 9.17) is 16.3 Å². The summed E-state index contributed by atoms with van der Waals surface area (Å²) in [5, 5.41) is 0.515. The molecule has 2 aromatic carbocycles. The van der Waals surface area contributed by atoms with Gasteiger partial charge in [0.25, 0.3) is 5.91 Å². The van der Waals surface area contributed by atoms with Crippen molar-refractivity contribution in [2.24, 2.45) is 0 Å². The molecule has 1 radical (unpaired) electrons. The standard InChI is InChI=1S/C20H22ClN2O2/c1-15-6-5-7-16(2)20(15)23-12-10-22(11-13-23)19(24)14-25-18-9-4-3-8-17(18)21/h3-9,12H,10-11,13-14H2,1-2H3. The van der Waals surface area contributed by atoms with E-state index in [-0.39, 0.29) is 12.5 Å². The monoisotopic (exact) mass is 357 g/mol. The van der Waals surface area contributed by atoms with Gasteiger partial charge in [-0.15, -0.1) is 0 Å². The molecule has 0 atom stereocenters. The molecule has 0 unspecified atom stereocenters. The van der Waals surface area contributed by atoms with Crippen LogP contribution in [-0.2, 0) is 4.79 Å². The molecular formula is C20H22ClN2O2. The number of ether oxygens (including phenoxy) is 1. The van der Waals surface area contributed by atoms with Crippen LogP contribution in [-0.4, -0.2) is 37.0 Å². The summed E-state index contributed by atoms with van der Waals surface area (Å²) >= 11 is 6.05. The number of halogens is 1. The average Bonchev–Trinajstić information content (AvgIpc) is 2.61. The summed E-state index contributed by atoms with van der Waals surface area (Å²) in [5.74, 6) is 0.507. The zero-order chi connectivity index (χ0) is 17.8. The molecule has 131 valence electrons. The van der Waals surface area contributed by atoms with Gasteiger partial charge in [0.2, 0.25) is 0 Å². The van der Waals surface area contributed by atoms with Crippen molar-refractivity contribution >= 4 is 23.2 Å². The molecule has 0 N–H and O–H groups in total. The summed E-state index contributed by atoms with van der Waals surface area (Å²) in [4.78, 5) is 16.4. The summed E-state index contributed by atoms with van der Waals surface area (Å²) in [5.41, 5.74) is 3.73. The number of aryl methyl sites for hydroxylation is 2. The van der Waals surface area contributed by atoms with Crippen LogP contribution < -0.4 is 9.64 Å². The van der Waals surface area contributed by atoms with Gasteiger partial charge in [0.15, 0.2) is 6.61 Å². The third-order valence-corrected chi connectivity index (χ3v) is 4.71. The Labute approximate surface area is 154 Å². The van der Waals surface area contributed by atoms with Gasteiger partial charge in [-0.3, -0.25) is 4.79 Å². The molecule has 5 heteroatoms. The maximum atomic E-state index is 12.4. The third-order valence-electron chi connectivity index (χ3n) is 4.40. The van der Waals surface area contributed by atoms with E-state index in [1.54, 1.807) is 17.0 Å². The fourth-order valence-corrected chi connectivity index (χ4v) is 3.28. The lowest BCUT2D eigenvalue weighted by atomic mass is 10.1. The molecule has 1 aliphatic rings. The molecule has 1 heterocycles. The molecule has 3 rings (SSSR count). The predicted octanol–water partition coefficient (Wildman–Crippen LogP) is 3.85. The zero-order valence-corrected chi connectivity index (χ0v) is 15.3. The highest BCUT2D eigenvalue weighted by Crippen LogP contribution is 2.27. The van der Waals surface area contributed by atoms with Crippen molar-refractivity contribution in [3.05, 3.63) is 65.2 Å². The van der Waals surface area contributed by atoms with Crippen molar-refractivity contribution in [3.63, 3.8) is 0 Å². The van der Waals surface area contributed by atoms with Crippen molar-refractivity contribution in [1.82, 2.24) is 4.90 Å². The minimum absolute atomic E-state index is 0.000958. The first-order valence-corrected chi connectivity index (χ1v) is 8.75. The molecule has 0 spiro atoms. The topological polar surface area (TPSA) is 32.8 Å². The Bertz CT molecular complexity index is 735. The van der Waals surface area contributed by atoms with Gasteiger partial charge in [-0.1, -0.05) is 41.9 Å². The maximum absolute atomic E-state index is 12.4. The fraction of sp³-hybridized carbons (Fsp3) is 0.300. The minimum Gasteiger partial charge on any atom is -0.482 e. The van der Waals surface area contributed by atoms with Crippen LogP contribution >= 0.6 is 11.6 Å². The SMILES string of the molecule is Cc1cccc(C)c1N1[CH]CN(C(=O)COc2ccccc2Cl)CC1. The number of para-hydroxylation sites is 2. The maximum Gasteiger partial charge on any atom is 0.260 e. The van der Waals surface area contributed by atoms with Gasteiger partial charge in [-0.2, -0.15) is 0 Å². The Hall–Kier alpha value is -2.20. The Balaban J connectivity index is 1.55. The van der Waals surface area contributed by atoms with Gasteiger partial charge in [-0.25, -0.2) is 0 Å². The molecule has 1 saturated heterocycles. The van der Waals surface area contributed by atoms with E-state index in [0.29, 0.717) is 23.9 Å². The Morgan fingerprint density at radius 3 is 2.44 bits per heavy atom. The number of carbonyl (C=O) groups is 1. The molecule has 1 aliphatic heterocycles. The highest BCUT2D eigenvalue weighted by Gasteiger charge is 2.23. The highest BCUT2D eigenvalue weighted by molar-refractivity contribution is 6.32. The number of nitrogens with zero attached hydrogens (tertiary/aromatic N) is 2. The number of benzene rings is 2. The average molecular weight is 358 g/mol. The van der Waals surface area contributed by atoms with Crippen LogP contribution in [0, 0.1) is 20.4 Å². The Morgan fingerprint density at radius 1 is 1.08 bits per heavy atom. The summed E-state index contributed by atoms with van der Waals surface area (Å²) in [6.07, 6.45) is 0. The van der Waals surface area contributed by atoms with Crippen LogP contribution in [0.4, 0.5) is 5.69 Å². The minimum atomic E-state index is -0.0303. The zero-order valence-electron chi connectivity index (χ0n) is 14.5. The first-order chi connectivity index (χ1) is 12.1. The summed E-state index contributed by atoms with van der Waals surface area (Å²) in [7, 11) is 0. The quantitative estimate of drug-likeness (QED) is 0.833. The van der Waals surface area contributed by atoms with Gasteiger partial charge in [0, 0.05) is 25.3 Å². The third kappa shape index (κ3) is 4.07. The van der Waals surface area contributed by atoms with Crippen molar-refractivity contribution in [2.45, 2.75) is 13.8 Å². The second-order valence-corrected chi connectivity index (χ2v) is 6.58. The fourth-order valence-electron chi connectivity index (χ4n) is 3.09. The molecular weight excluding hydrogens is 336 g/mol. The van der Waals surface area contributed by atoms with Crippen molar-refractivity contribution < 1.29 is 9.53 Å². The smallest absolute Gasteiger partial charge is 0.260 e. The van der Waals surface area contributed by atoms with Gasteiger partial charge < -0.3 is 14.5 Å². The first-order valence-electron chi connectivity index (χ1n) is 8.37. The van der Waals surface area contributed by atoms with Gasteiger partial charge in [-0.05, 0) is 37.1 Å². The number of piperazine rings is 1. The molecule has 4 nitrogen and oxygen atoms in total. The first kappa shape index (κ1) is 17.6. The Morgan fingerprint density at radius 2 is 1.80 bits per heavy atom. The number of carbonyl (C=O) groups excluding carboxylic acids is 1.